The summed E-state index contributed by atoms with van der Waals surface area (Å²) in [7, 11) is 0. The maximum atomic E-state index is 8.87. The molecule has 0 N–H and O–H groups in total. The van der Waals surface area contributed by atoms with Gasteiger partial charge >= 0.3 is 0 Å². The normalized spacial score (nSPS) is 10.4. The van der Waals surface area contributed by atoms with Crippen LogP contribution >= 0.6 is 11.6 Å². The van der Waals surface area contributed by atoms with Crippen LogP contribution in [0.25, 0.3) is 0 Å². The van der Waals surface area contributed by atoms with Crippen LogP contribution in [-0.4, -0.2) is 0 Å². The smallest absolute Gasteiger partial charge is 0.130 e. The molecule has 2 rings (SSSR count). The van der Waals surface area contributed by atoms with Crippen molar-refractivity contribution < 1.29 is 4.74 Å². The predicted molar refractivity (Wildman–Crippen MR) is 81.5 cm³/mol. The summed E-state index contributed by atoms with van der Waals surface area (Å²) in [5.41, 5.74) is 2.74. The molecule has 0 saturated carbocycles. The molecule has 0 aliphatic carbocycles. The third kappa shape index (κ3) is 3.12. The molecule has 0 amide bonds. The molecule has 0 aliphatic rings. The molecule has 0 unspecified atom stereocenters. The Morgan fingerprint density at radius 1 is 1.15 bits per heavy atom. The second-order valence-corrected chi connectivity index (χ2v) is 5.44. The Labute approximate surface area is 124 Å². The van der Waals surface area contributed by atoms with Gasteiger partial charge in [0.25, 0.3) is 0 Å². The van der Waals surface area contributed by atoms with Crippen molar-refractivity contribution in [2.75, 3.05) is 0 Å². The van der Waals surface area contributed by atoms with Gasteiger partial charge in [0.05, 0.1) is 10.6 Å². The van der Waals surface area contributed by atoms with Gasteiger partial charge in [-0.3, -0.25) is 0 Å². The van der Waals surface area contributed by atoms with E-state index in [0.717, 1.165) is 11.3 Å². The van der Waals surface area contributed by atoms with Crippen molar-refractivity contribution in [3.05, 3.63) is 58.1 Å². The van der Waals surface area contributed by atoms with E-state index < -0.39 is 0 Å². The topological polar surface area (TPSA) is 33.0 Å². The van der Waals surface area contributed by atoms with Gasteiger partial charge in [-0.1, -0.05) is 37.6 Å². The Hall–Kier alpha value is -1.98. The molecular formula is C17H16ClNO. The number of hydrogen-bond acceptors (Lipinski definition) is 2. The van der Waals surface area contributed by atoms with E-state index in [4.69, 9.17) is 21.6 Å². The Morgan fingerprint density at radius 2 is 1.90 bits per heavy atom. The first-order chi connectivity index (χ1) is 9.51. The van der Waals surface area contributed by atoms with E-state index in [1.54, 1.807) is 18.2 Å². The lowest BCUT2D eigenvalue weighted by molar-refractivity contribution is 0.478. The van der Waals surface area contributed by atoms with Crippen LogP contribution in [0, 0.1) is 18.3 Å². The standard InChI is InChI=1S/C17H16ClNO/c1-11(2)13-5-4-12(3)17(8-13)20-15-7-6-14(10-19)16(18)9-15/h4-9,11H,1-3H3. The highest BCUT2D eigenvalue weighted by atomic mass is 35.5. The van der Waals surface area contributed by atoms with Gasteiger partial charge < -0.3 is 4.74 Å². The fourth-order valence-corrected chi connectivity index (χ4v) is 2.08. The molecule has 0 aromatic heterocycles. The number of rotatable bonds is 3. The van der Waals surface area contributed by atoms with E-state index in [2.05, 4.69) is 26.0 Å². The molecule has 0 spiro atoms. The highest BCUT2D eigenvalue weighted by Gasteiger charge is 2.07. The third-order valence-electron chi connectivity index (χ3n) is 3.17. The Balaban J connectivity index is 2.32. The monoisotopic (exact) mass is 285 g/mol. The van der Waals surface area contributed by atoms with Gasteiger partial charge in [0, 0.05) is 6.07 Å². The van der Waals surface area contributed by atoms with Gasteiger partial charge in [0.2, 0.25) is 0 Å². The minimum Gasteiger partial charge on any atom is -0.457 e. The van der Waals surface area contributed by atoms with Crippen LogP contribution in [-0.2, 0) is 0 Å². The van der Waals surface area contributed by atoms with Crippen molar-refractivity contribution in [3.63, 3.8) is 0 Å². The van der Waals surface area contributed by atoms with Crippen LogP contribution in [0.15, 0.2) is 36.4 Å². The minimum absolute atomic E-state index is 0.405. The molecule has 0 radical (unpaired) electrons. The summed E-state index contributed by atoms with van der Waals surface area (Å²) in [4.78, 5) is 0. The van der Waals surface area contributed by atoms with Gasteiger partial charge in [0.15, 0.2) is 0 Å². The van der Waals surface area contributed by atoms with Gasteiger partial charge in [-0.05, 0) is 42.2 Å². The van der Waals surface area contributed by atoms with Crippen LogP contribution in [0.2, 0.25) is 5.02 Å². The fourth-order valence-electron chi connectivity index (χ4n) is 1.86. The van der Waals surface area contributed by atoms with Gasteiger partial charge in [-0.25, -0.2) is 0 Å². The molecule has 0 saturated heterocycles. The van der Waals surface area contributed by atoms with E-state index in [9.17, 15) is 0 Å². The summed E-state index contributed by atoms with van der Waals surface area (Å²) in [6, 6.07) is 13.3. The molecule has 2 aromatic rings. The maximum absolute atomic E-state index is 8.87. The van der Waals surface area contributed by atoms with Crippen molar-refractivity contribution in [2.24, 2.45) is 0 Å². The molecular weight excluding hydrogens is 270 g/mol. The third-order valence-corrected chi connectivity index (χ3v) is 3.48. The highest BCUT2D eigenvalue weighted by molar-refractivity contribution is 6.31. The SMILES string of the molecule is Cc1ccc(C(C)C)cc1Oc1ccc(C#N)c(Cl)c1. The zero-order valence-corrected chi connectivity index (χ0v) is 12.5. The second-order valence-electron chi connectivity index (χ2n) is 5.04. The van der Waals surface area contributed by atoms with Gasteiger partial charge in [-0.2, -0.15) is 5.26 Å². The van der Waals surface area contributed by atoms with Crippen LogP contribution in [0.5, 0.6) is 11.5 Å². The Bertz CT molecular complexity index is 671. The number of nitriles is 1. The number of ether oxygens (including phenoxy) is 1. The van der Waals surface area contributed by atoms with Gasteiger partial charge in [-0.15, -0.1) is 0 Å². The summed E-state index contributed by atoms with van der Waals surface area (Å²) in [6.45, 7) is 6.30. The second kappa shape index (κ2) is 5.98. The van der Waals surface area contributed by atoms with Crippen molar-refractivity contribution >= 4 is 11.6 Å². The van der Waals surface area contributed by atoms with Crippen molar-refractivity contribution in [1.82, 2.24) is 0 Å². The molecule has 102 valence electrons. The molecule has 2 aromatic carbocycles. The Morgan fingerprint density at radius 3 is 2.50 bits per heavy atom. The summed E-state index contributed by atoms with van der Waals surface area (Å²) >= 11 is 6.01. The molecule has 2 nitrogen and oxygen atoms in total. The number of aryl methyl sites for hydroxylation is 1. The van der Waals surface area contributed by atoms with E-state index in [1.165, 1.54) is 5.56 Å². The number of hydrogen-bond donors (Lipinski definition) is 0. The quantitative estimate of drug-likeness (QED) is 0.752. The fraction of sp³-hybridized carbons (Fsp3) is 0.235. The molecule has 0 heterocycles. The van der Waals surface area contributed by atoms with E-state index in [-0.39, 0.29) is 0 Å². The van der Waals surface area contributed by atoms with E-state index in [0.29, 0.717) is 22.3 Å². The van der Waals surface area contributed by atoms with Crippen molar-refractivity contribution in [2.45, 2.75) is 26.7 Å². The minimum atomic E-state index is 0.405. The number of nitrogens with zero attached hydrogens (tertiary/aromatic N) is 1. The average molecular weight is 286 g/mol. The lowest BCUT2D eigenvalue weighted by Crippen LogP contribution is -1.92. The summed E-state index contributed by atoms with van der Waals surface area (Å²) in [6.07, 6.45) is 0. The summed E-state index contributed by atoms with van der Waals surface area (Å²) in [5, 5.41) is 9.27. The number of benzene rings is 2. The zero-order chi connectivity index (χ0) is 14.7. The molecule has 0 bridgehead atoms. The van der Waals surface area contributed by atoms with Crippen LogP contribution in [0.4, 0.5) is 0 Å². The Kier molecular flexibility index (Phi) is 4.32. The highest BCUT2D eigenvalue weighted by Crippen LogP contribution is 2.30. The summed E-state index contributed by atoms with van der Waals surface area (Å²) in [5.74, 6) is 1.90. The summed E-state index contributed by atoms with van der Waals surface area (Å²) < 4.78 is 5.89. The van der Waals surface area contributed by atoms with Crippen molar-refractivity contribution in [1.29, 1.82) is 5.26 Å². The van der Waals surface area contributed by atoms with E-state index >= 15 is 0 Å². The van der Waals surface area contributed by atoms with Crippen LogP contribution in [0.3, 0.4) is 0 Å². The molecule has 0 fully saturated rings. The lowest BCUT2D eigenvalue weighted by atomic mass is 10.0. The largest absolute Gasteiger partial charge is 0.457 e. The van der Waals surface area contributed by atoms with Crippen LogP contribution < -0.4 is 4.74 Å². The zero-order valence-electron chi connectivity index (χ0n) is 11.8. The molecule has 20 heavy (non-hydrogen) atoms. The molecule has 3 heteroatoms. The molecule has 0 aliphatic heterocycles. The molecule has 0 atom stereocenters. The van der Waals surface area contributed by atoms with E-state index in [1.807, 2.05) is 19.1 Å². The van der Waals surface area contributed by atoms with Gasteiger partial charge in [0.1, 0.15) is 17.6 Å². The first-order valence-corrected chi connectivity index (χ1v) is 6.87. The average Bonchev–Trinajstić information content (AvgIpc) is 2.41. The van der Waals surface area contributed by atoms with Crippen LogP contribution in [0.1, 0.15) is 36.5 Å². The lowest BCUT2D eigenvalue weighted by Gasteiger charge is -2.13. The first kappa shape index (κ1) is 14.4. The predicted octanol–water partition coefficient (Wildman–Crippen LogP) is 5.44. The van der Waals surface area contributed by atoms with Crippen molar-refractivity contribution in [3.8, 4) is 17.6 Å². The number of halogens is 1. The first-order valence-electron chi connectivity index (χ1n) is 6.49. The maximum Gasteiger partial charge on any atom is 0.130 e.